The number of carbonyl (C=O) groups is 3. The van der Waals surface area contributed by atoms with Gasteiger partial charge in [-0.25, -0.2) is 4.90 Å². The van der Waals surface area contributed by atoms with Crippen LogP contribution in [0.3, 0.4) is 0 Å². The van der Waals surface area contributed by atoms with Gasteiger partial charge in [0.15, 0.2) is 0 Å². The fourth-order valence-corrected chi connectivity index (χ4v) is 3.36. The van der Waals surface area contributed by atoms with Crippen molar-refractivity contribution in [3.05, 3.63) is 101 Å². The summed E-state index contributed by atoms with van der Waals surface area (Å²) in [7, 11) is 0. The molecule has 0 saturated carbocycles. The van der Waals surface area contributed by atoms with E-state index in [0.29, 0.717) is 22.6 Å². The maximum Gasteiger partial charge on any atom is 0.283 e. The van der Waals surface area contributed by atoms with Crippen LogP contribution in [0.5, 0.6) is 0 Å². The Hall–Kier alpha value is -3.90. The van der Waals surface area contributed by atoms with Crippen molar-refractivity contribution in [3.63, 3.8) is 0 Å². The van der Waals surface area contributed by atoms with Crippen molar-refractivity contribution >= 4 is 46.4 Å². The highest BCUT2D eigenvalue weighted by Crippen LogP contribution is 2.30. The summed E-state index contributed by atoms with van der Waals surface area (Å²) in [5.41, 5.74) is 2.92. The second-order valence-electron chi connectivity index (χ2n) is 7.00. The Kier molecular flexibility index (Phi) is 5.56. The average Bonchev–Trinajstić information content (AvgIpc) is 2.98. The molecule has 2 N–H and O–H groups in total. The summed E-state index contributed by atoms with van der Waals surface area (Å²) in [5, 5.41) is 5.50. The van der Waals surface area contributed by atoms with Crippen LogP contribution < -0.4 is 15.5 Å². The molecule has 6 nitrogen and oxygen atoms in total. The third kappa shape index (κ3) is 4.20. The number of carbonyl (C=O) groups excluding carboxylic acids is 3. The lowest BCUT2D eigenvalue weighted by atomic mass is 10.1. The summed E-state index contributed by atoms with van der Waals surface area (Å²) in [6.45, 7) is 1.91. The lowest BCUT2D eigenvalue weighted by Gasteiger charge is -2.15. The molecule has 0 aromatic heterocycles. The zero-order chi connectivity index (χ0) is 22.0. The molecule has 3 aromatic rings. The van der Waals surface area contributed by atoms with E-state index in [2.05, 4.69) is 10.6 Å². The molecule has 1 aliphatic heterocycles. The lowest BCUT2D eigenvalue weighted by Crippen LogP contribution is -2.32. The number of anilines is 3. The Morgan fingerprint density at radius 2 is 1.52 bits per heavy atom. The van der Waals surface area contributed by atoms with E-state index in [9.17, 15) is 14.4 Å². The van der Waals surface area contributed by atoms with Gasteiger partial charge in [-0.15, -0.1) is 0 Å². The van der Waals surface area contributed by atoms with Crippen LogP contribution in [-0.4, -0.2) is 17.7 Å². The summed E-state index contributed by atoms with van der Waals surface area (Å²) >= 11 is 6.18. The Bertz CT molecular complexity index is 1200. The van der Waals surface area contributed by atoms with Gasteiger partial charge in [0.1, 0.15) is 10.7 Å². The number of nitrogens with one attached hydrogen (secondary N) is 2. The molecule has 0 saturated heterocycles. The average molecular weight is 432 g/mol. The highest BCUT2D eigenvalue weighted by molar-refractivity contribution is 6.53. The van der Waals surface area contributed by atoms with Gasteiger partial charge in [0.05, 0.1) is 5.69 Å². The molecular weight excluding hydrogens is 414 g/mol. The highest BCUT2D eigenvalue weighted by Gasteiger charge is 2.38. The summed E-state index contributed by atoms with van der Waals surface area (Å²) in [5.74, 6) is -1.46. The summed E-state index contributed by atoms with van der Waals surface area (Å²) < 4.78 is 0. The highest BCUT2D eigenvalue weighted by atomic mass is 35.5. The second kappa shape index (κ2) is 8.45. The van der Waals surface area contributed by atoms with Crippen LogP contribution in [0.2, 0.25) is 0 Å². The van der Waals surface area contributed by atoms with Gasteiger partial charge in [0, 0.05) is 16.9 Å². The zero-order valence-corrected chi connectivity index (χ0v) is 17.3. The number of aryl methyl sites for hydroxylation is 1. The first-order valence-electron chi connectivity index (χ1n) is 9.53. The van der Waals surface area contributed by atoms with Gasteiger partial charge in [-0.05, 0) is 49.4 Å². The van der Waals surface area contributed by atoms with Crippen LogP contribution in [0, 0.1) is 6.92 Å². The predicted octanol–water partition coefficient (Wildman–Crippen LogP) is 4.68. The standard InChI is InChI=1S/C24H18ClN3O3/c1-15-10-12-19(13-11-15)28-23(30)20(25)21(24(28)31)26-18-9-5-6-16(14-18)22(29)27-17-7-3-2-4-8-17/h2-14,26H,1H3,(H,27,29). The number of rotatable bonds is 5. The molecule has 154 valence electrons. The number of nitrogens with zero attached hydrogens (tertiary/aromatic N) is 1. The molecule has 1 aliphatic rings. The van der Waals surface area contributed by atoms with E-state index in [1.54, 1.807) is 48.5 Å². The first-order valence-corrected chi connectivity index (χ1v) is 9.90. The van der Waals surface area contributed by atoms with E-state index in [-0.39, 0.29) is 16.6 Å². The van der Waals surface area contributed by atoms with Crippen LogP contribution in [0.1, 0.15) is 15.9 Å². The molecule has 0 spiro atoms. The van der Waals surface area contributed by atoms with Gasteiger partial charge < -0.3 is 10.6 Å². The molecular formula is C24H18ClN3O3. The van der Waals surface area contributed by atoms with Crippen LogP contribution in [0.15, 0.2) is 89.6 Å². The lowest BCUT2D eigenvalue weighted by molar-refractivity contribution is -0.120. The zero-order valence-electron chi connectivity index (χ0n) is 16.6. The number of hydrogen-bond donors (Lipinski definition) is 2. The van der Waals surface area contributed by atoms with Gasteiger partial charge in [-0.3, -0.25) is 14.4 Å². The molecule has 3 amide bonds. The smallest absolute Gasteiger partial charge is 0.283 e. The van der Waals surface area contributed by atoms with E-state index in [1.165, 1.54) is 0 Å². The molecule has 1 heterocycles. The molecule has 0 unspecified atom stereocenters. The summed E-state index contributed by atoms with van der Waals surface area (Å²) in [6, 6.07) is 22.7. The minimum atomic E-state index is -0.601. The van der Waals surface area contributed by atoms with Crippen LogP contribution >= 0.6 is 11.6 Å². The minimum Gasteiger partial charge on any atom is -0.350 e. The molecule has 0 aliphatic carbocycles. The third-order valence-electron chi connectivity index (χ3n) is 4.75. The predicted molar refractivity (Wildman–Crippen MR) is 121 cm³/mol. The minimum absolute atomic E-state index is 0.0344. The van der Waals surface area contributed by atoms with Gasteiger partial charge in [-0.1, -0.05) is 53.6 Å². The van der Waals surface area contributed by atoms with Crippen LogP contribution in [-0.2, 0) is 9.59 Å². The Balaban J connectivity index is 1.54. The van der Waals surface area contributed by atoms with Crippen molar-refractivity contribution in [3.8, 4) is 0 Å². The molecule has 0 bridgehead atoms. The molecule has 7 heteroatoms. The number of halogens is 1. The van der Waals surface area contributed by atoms with Gasteiger partial charge in [-0.2, -0.15) is 0 Å². The third-order valence-corrected chi connectivity index (χ3v) is 5.10. The summed E-state index contributed by atoms with van der Waals surface area (Å²) in [6.07, 6.45) is 0. The van der Waals surface area contributed by atoms with E-state index < -0.39 is 11.8 Å². The maximum atomic E-state index is 12.9. The number of imide groups is 1. The van der Waals surface area contributed by atoms with Crippen molar-refractivity contribution in [1.82, 2.24) is 0 Å². The maximum absolute atomic E-state index is 12.9. The van der Waals surface area contributed by atoms with Crippen LogP contribution in [0.25, 0.3) is 0 Å². The first-order chi connectivity index (χ1) is 14.9. The Morgan fingerprint density at radius 3 is 2.23 bits per heavy atom. The number of hydrogen-bond acceptors (Lipinski definition) is 4. The molecule has 3 aromatic carbocycles. The van der Waals surface area contributed by atoms with Crippen molar-refractivity contribution in [1.29, 1.82) is 0 Å². The molecule has 4 rings (SSSR count). The van der Waals surface area contributed by atoms with Crippen molar-refractivity contribution in [2.24, 2.45) is 0 Å². The molecule has 31 heavy (non-hydrogen) atoms. The fraction of sp³-hybridized carbons (Fsp3) is 0.0417. The monoisotopic (exact) mass is 431 g/mol. The van der Waals surface area contributed by atoms with Gasteiger partial charge in [0.25, 0.3) is 17.7 Å². The Morgan fingerprint density at radius 1 is 0.839 bits per heavy atom. The number of benzene rings is 3. The Labute approximate surface area is 184 Å². The fourth-order valence-electron chi connectivity index (χ4n) is 3.15. The van der Waals surface area contributed by atoms with E-state index >= 15 is 0 Å². The molecule has 0 fully saturated rings. The number of para-hydroxylation sites is 1. The SMILES string of the molecule is Cc1ccc(N2C(=O)C(Cl)=C(Nc3cccc(C(=O)Nc4ccccc4)c3)C2=O)cc1. The summed E-state index contributed by atoms with van der Waals surface area (Å²) in [4.78, 5) is 39.1. The first kappa shape index (κ1) is 20.4. The largest absolute Gasteiger partial charge is 0.350 e. The van der Waals surface area contributed by atoms with E-state index in [1.807, 2.05) is 37.3 Å². The normalized spacial score (nSPS) is 13.5. The topological polar surface area (TPSA) is 78.5 Å². The van der Waals surface area contributed by atoms with Crippen molar-refractivity contribution < 1.29 is 14.4 Å². The van der Waals surface area contributed by atoms with Crippen LogP contribution in [0.4, 0.5) is 17.1 Å². The second-order valence-corrected chi connectivity index (χ2v) is 7.37. The quantitative estimate of drug-likeness (QED) is 0.575. The van der Waals surface area contributed by atoms with Gasteiger partial charge in [0.2, 0.25) is 0 Å². The number of amides is 3. The molecule has 0 atom stereocenters. The molecule has 0 radical (unpaired) electrons. The van der Waals surface area contributed by atoms with Crippen molar-refractivity contribution in [2.75, 3.05) is 15.5 Å². The van der Waals surface area contributed by atoms with E-state index in [4.69, 9.17) is 11.6 Å². The van der Waals surface area contributed by atoms with E-state index in [0.717, 1.165) is 10.5 Å². The van der Waals surface area contributed by atoms with Gasteiger partial charge >= 0.3 is 0 Å². The van der Waals surface area contributed by atoms with Crippen molar-refractivity contribution in [2.45, 2.75) is 6.92 Å².